The van der Waals surface area contributed by atoms with Crippen LogP contribution in [0.4, 0.5) is 26.3 Å². The predicted molar refractivity (Wildman–Crippen MR) is 68.9 cm³/mol. The summed E-state index contributed by atoms with van der Waals surface area (Å²) in [6.45, 7) is 0. The number of aliphatic hydroxyl groups is 1. The van der Waals surface area contributed by atoms with E-state index in [1.165, 1.54) is 6.07 Å². The van der Waals surface area contributed by atoms with Crippen LogP contribution in [0, 0.1) is 0 Å². The predicted octanol–water partition coefficient (Wildman–Crippen LogP) is 2.08. The van der Waals surface area contributed by atoms with Gasteiger partial charge < -0.3 is 18.4 Å². The Kier molecular flexibility index (Phi) is 5.53. The summed E-state index contributed by atoms with van der Waals surface area (Å²) in [5.41, 5.74) is -6.43. The summed E-state index contributed by atoms with van der Waals surface area (Å²) in [7, 11) is -0.234. The lowest BCUT2D eigenvalue weighted by Crippen LogP contribution is -2.57. The molecule has 0 unspecified atom stereocenters. The third-order valence-corrected chi connectivity index (χ3v) is 5.89. The van der Waals surface area contributed by atoms with Crippen LogP contribution in [0.3, 0.4) is 0 Å². The molecule has 0 atom stereocenters. The molecule has 0 aliphatic carbocycles. The molecule has 0 fully saturated rings. The highest BCUT2D eigenvalue weighted by Gasteiger charge is 2.71. The minimum atomic E-state index is -5.97. The lowest BCUT2D eigenvalue weighted by atomic mass is 9.92. The summed E-state index contributed by atoms with van der Waals surface area (Å²) in [5, 5.41) is 9.25. The first-order valence-corrected chi connectivity index (χ1v) is 7.74. The average Bonchev–Trinajstić information content (AvgIpc) is 2.47. The molecule has 1 N–H and O–H groups in total. The van der Waals surface area contributed by atoms with Crippen molar-refractivity contribution < 1.29 is 44.7 Å². The number of hydrogen-bond donors (Lipinski definition) is 1. The van der Waals surface area contributed by atoms with Gasteiger partial charge in [-0.05, 0) is 6.07 Å². The zero-order chi connectivity index (χ0) is 18.1. The van der Waals surface area contributed by atoms with Crippen LogP contribution in [0.15, 0.2) is 24.3 Å². The molecule has 0 heterocycles. The zero-order valence-electron chi connectivity index (χ0n) is 12.2. The lowest BCUT2D eigenvalue weighted by Gasteiger charge is -2.33. The van der Waals surface area contributed by atoms with E-state index in [4.69, 9.17) is 13.3 Å². The Balaban J connectivity index is 3.59. The minimum absolute atomic E-state index is 0.158. The first-order valence-electron chi connectivity index (χ1n) is 6.02. The zero-order valence-corrected chi connectivity index (χ0v) is 13.2. The first kappa shape index (κ1) is 19.9. The number of hydrogen-bond acceptors (Lipinski definition) is 4. The third kappa shape index (κ3) is 3.24. The van der Waals surface area contributed by atoms with Gasteiger partial charge in [-0.25, -0.2) is 0 Å². The molecule has 1 aromatic carbocycles. The molecule has 0 aliphatic heterocycles. The van der Waals surface area contributed by atoms with Crippen molar-refractivity contribution in [3.05, 3.63) is 29.8 Å². The Morgan fingerprint density at radius 1 is 0.870 bits per heavy atom. The Morgan fingerprint density at radius 2 is 1.30 bits per heavy atom. The fourth-order valence-electron chi connectivity index (χ4n) is 2.03. The molecule has 0 radical (unpaired) electrons. The van der Waals surface area contributed by atoms with Crippen LogP contribution in [0.25, 0.3) is 0 Å². The standard InChI is InChI=1S/C12H14F6O4Si/c1-20-23(21-2,22-3)9-6-4-5-8(7-9)10(19,11(13,14)15)12(16,17)18/h4-7,19H,1-3H3. The van der Waals surface area contributed by atoms with Gasteiger partial charge >= 0.3 is 21.2 Å². The summed E-state index contributed by atoms with van der Waals surface area (Å²) in [4.78, 5) is 0. The van der Waals surface area contributed by atoms with Crippen LogP contribution in [0.2, 0.25) is 0 Å². The Bertz CT molecular complexity index is 519. The molecule has 23 heavy (non-hydrogen) atoms. The molecule has 0 bridgehead atoms. The smallest absolute Gasteiger partial charge is 0.373 e. The monoisotopic (exact) mass is 364 g/mol. The quantitative estimate of drug-likeness (QED) is 0.642. The van der Waals surface area contributed by atoms with Gasteiger partial charge in [0, 0.05) is 32.1 Å². The molecule has 0 aliphatic rings. The van der Waals surface area contributed by atoms with Gasteiger partial charge in [0.1, 0.15) is 0 Å². The van der Waals surface area contributed by atoms with Crippen molar-refractivity contribution in [3.8, 4) is 0 Å². The number of alkyl halides is 6. The van der Waals surface area contributed by atoms with E-state index in [0.717, 1.165) is 27.4 Å². The highest BCUT2D eigenvalue weighted by Crippen LogP contribution is 2.49. The molecule has 4 nitrogen and oxygen atoms in total. The Hall–Kier alpha value is -1.14. The first-order chi connectivity index (χ1) is 10.4. The van der Waals surface area contributed by atoms with E-state index in [9.17, 15) is 31.4 Å². The van der Waals surface area contributed by atoms with Crippen molar-refractivity contribution in [2.24, 2.45) is 0 Å². The van der Waals surface area contributed by atoms with E-state index >= 15 is 0 Å². The van der Waals surface area contributed by atoms with Gasteiger partial charge in [0.2, 0.25) is 0 Å². The topological polar surface area (TPSA) is 47.9 Å². The van der Waals surface area contributed by atoms with Crippen molar-refractivity contribution in [3.63, 3.8) is 0 Å². The second-order valence-corrected chi connectivity index (χ2v) is 7.37. The summed E-state index contributed by atoms with van der Waals surface area (Å²) in [6, 6.07) is 3.15. The van der Waals surface area contributed by atoms with Crippen molar-refractivity contribution in [1.82, 2.24) is 0 Å². The van der Waals surface area contributed by atoms with E-state index in [1.54, 1.807) is 0 Å². The molecule has 1 aromatic rings. The van der Waals surface area contributed by atoms with Crippen LogP contribution < -0.4 is 5.19 Å². The lowest BCUT2D eigenvalue weighted by molar-refractivity contribution is -0.376. The van der Waals surface area contributed by atoms with E-state index in [1.807, 2.05) is 0 Å². The van der Waals surface area contributed by atoms with Gasteiger partial charge in [0.05, 0.1) is 0 Å². The number of halogens is 6. The Morgan fingerprint density at radius 3 is 1.65 bits per heavy atom. The number of rotatable bonds is 5. The summed E-state index contributed by atoms with van der Waals surface area (Å²) in [5.74, 6) is 0. The number of benzene rings is 1. The van der Waals surface area contributed by atoms with Crippen LogP contribution in [-0.4, -0.2) is 47.6 Å². The maximum atomic E-state index is 12.9. The van der Waals surface area contributed by atoms with Crippen molar-refractivity contribution in [2.75, 3.05) is 21.3 Å². The van der Waals surface area contributed by atoms with Gasteiger partial charge in [0.15, 0.2) is 0 Å². The van der Waals surface area contributed by atoms with E-state index in [-0.39, 0.29) is 5.19 Å². The average molecular weight is 364 g/mol. The molecular formula is C12H14F6O4Si. The summed E-state index contributed by atoms with van der Waals surface area (Å²) in [6.07, 6.45) is -11.9. The van der Waals surface area contributed by atoms with Gasteiger partial charge in [-0.2, -0.15) is 26.3 Å². The second-order valence-electron chi connectivity index (χ2n) is 4.46. The highest BCUT2D eigenvalue weighted by atomic mass is 28.4. The van der Waals surface area contributed by atoms with Crippen LogP contribution in [-0.2, 0) is 18.9 Å². The molecular weight excluding hydrogens is 350 g/mol. The molecule has 0 saturated heterocycles. The fourth-order valence-corrected chi connectivity index (χ4v) is 3.87. The van der Waals surface area contributed by atoms with Gasteiger partial charge in [-0.1, -0.05) is 18.2 Å². The maximum Gasteiger partial charge on any atom is 0.536 e. The van der Waals surface area contributed by atoms with E-state index in [2.05, 4.69) is 0 Å². The van der Waals surface area contributed by atoms with Crippen LogP contribution in [0.1, 0.15) is 5.56 Å². The van der Waals surface area contributed by atoms with Gasteiger partial charge in [0.25, 0.3) is 5.60 Å². The fraction of sp³-hybridized carbons (Fsp3) is 0.500. The van der Waals surface area contributed by atoms with E-state index < -0.39 is 32.3 Å². The minimum Gasteiger partial charge on any atom is -0.373 e. The van der Waals surface area contributed by atoms with Crippen molar-refractivity contribution in [2.45, 2.75) is 18.0 Å². The summed E-state index contributed by atoms with van der Waals surface area (Å²) < 4.78 is 92.5. The van der Waals surface area contributed by atoms with Crippen LogP contribution >= 0.6 is 0 Å². The molecule has 11 heteroatoms. The maximum absolute atomic E-state index is 12.9. The molecule has 0 saturated carbocycles. The Labute approximate surface area is 129 Å². The highest BCUT2D eigenvalue weighted by molar-refractivity contribution is 6.75. The van der Waals surface area contributed by atoms with Crippen LogP contribution in [0.5, 0.6) is 0 Å². The molecule has 0 amide bonds. The summed E-state index contributed by atoms with van der Waals surface area (Å²) >= 11 is 0. The normalized spacial score (nSPS) is 14.2. The van der Waals surface area contributed by atoms with Gasteiger partial charge in [-0.3, -0.25) is 0 Å². The third-order valence-electron chi connectivity index (χ3n) is 3.26. The van der Waals surface area contributed by atoms with Gasteiger partial charge in [-0.15, -0.1) is 0 Å². The molecule has 132 valence electrons. The molecule has 0 spiro atoms. The van der Waals surface area contributed by atoms with Crippen molar-refractivity contribution in [1.29, 1.82) is 0 Å². The SMILES string of the molecule is CO[Si](OC)(OC)c1cccc(C(O)(C(F)(F)F)C(F)(F)F)c1. The van der Waals surface area contributed by atoms with Crippen molar-refractivity contribution >= 4 is 14.0 Å². The van der Waals surface area contributed by atoms with E-state index in [0.29, 0.717) is 12.1 Å². The molecule has 1 rings (SSSR count). The molecule has 0 aromatic heterocycles. The second kappa shape index (κ2) is 6.40. The largest absolute Gasteiger partial charge is 0.536 e.